The van der Waals surface area contributed by atoms with E-state index in [0.29, 0.717) is 0 Å². The Bertz CT molecular complexity index is 2250. The van der Waals surface area contributed by atoms with Gasteiger partial charge in [-0.2, -0.15) is 0 Å². The van der Waals surface area contributed by atoms with Crippen molar-refractivity contribution < 1.29 is 0 Å². The molecule has 1 heterocycles. The maximum absolute atomic E-state index is 2.44. The molecule has 0 saturated carbocycles. The van der Waals surface area contributed by atoms with Crippen LogP contribution in [0.2, 0.25) is 0 Å². The topological polar surface area (TPSA) is 0 Å². The zero-order valence-corrected chi connectivity index (χ0v) is 23.7. The van der Waals surface area contributed by atoms with Gasteiger partial charge in [0.1, 0.15) is 0 Å². The van der Waals surface area contributed by atoms with Gasteiger partial charge < -0.3 is 0 Å². The van der Waals surface area contributed by atoms with Gasteiger partial charge in [-0.05, 0) is 73.5 Å². The lowest BCUT2D eigenvalue weighted by molar-refractivity contribution is 0.775. The van der Waals surface area contributed by atoms with Crippen LogP contribution in [-0.4, -0.2) is 0 Å². The largest absolute Gasteiger partial charge is 0.135 e. The van der Waals surface area contributed by atoms with Crippen molar-refractivity contribution in [2.45, 2.75) is 5.41 Å². The van der Waals surface area contributed by atoms with Crippen LogP contribution in [-0.2, 0) is 5.41 Å². The minimum absolute atomic E-state index is 0.415. The molecule has 0 bridgehead atoms. The van der Waals surface area contributed by atoms with Crippen LogP contribution in [0.3, 0.4) is 0 Å². The van der Waals surface area contributed by atoms with Crippen molar-refractivity contribution in [3.05, 3.63) is 180 Å². The van der Waals surface area contributed by atoms with E-state index in [0.717, 1.165) is 0 Å². The number of hydrogen-bond donors (Lipinski definition) is 0. The molecule has 0 unspecified atom stereocenters. The van der Waals surface area contributed by atoms with Gasteiger partial charge in [0.05, 0.1) is 5.41 Å². The van der Waals surface area contributed by atoms with Crippen molar-refractivity contribution in [3.63, 3.8) is 0 Å². The first-order valence-electron chi connectivity index (χ1n) is 14.5. The van der Waals surface area contributed by atoms with Crippen LogP contribution in [0.1, 0.15) is 22.3 Å². The third kappa shape index (κ3) is 3.23. The summed E-state index contributed by atoms with van der Waals surface area (Å²) in [5, 5.41) is 5.26. The van der Waals surface area contributed by atoms with Crippen LogP contribution in [0.5, 0.6) is 0 Å². The zero-order valence-electron chi connectivity index (χ0n) is 22.9. The highest BCUT2D eigenvalue weighted by molar-refractivity contribution is 7.25. The van der Waals surface area contributed by atoms with Gasteiger partial charge >= 0.3 is 0 Å². The molecule has 42 heavy (non-hydrogen) atoms. The van der Waals surface area contributed by atoms with Crippen molar-refractivity contribution in [3.8, 4) is 22.3 Å². The molecule has 0 radical (unpaired) electrons. The Hall–Kier alpha value is -4.98. The third-order valence-electron chi connectivity index (χ3n) is 9.14. The summed E-state index contributed by atoms with van der Waals surface area (Å²) in [6.45, 7) is 0. The Labute approximate surface area is 249 Å². The molecular formula is C41H26S. The minimum atomic E-state index is -0.415. The van der Waals surface area contributed by atoms with Crippen LogP contribution in [0.25, 0.3) is 53.2 Å². The Kier molecular flexibility index (Phi) is 5.08. The predicted molar refractivity (Wildman–Crippen MR) is 180 cm³/mol. The average molecular weight is 551 g/mol. The zero-order chi connectivity index (χ0) is 27.7. The van der Waals surface area contributed by atoms with E-state index in [1.807, 2.05) is 11.3 Å². The normalized spacial score (nSPS) is 13.4. The lowest BCUT2D eigenvalue weighted by Crippen LogP contribution is -2.28. The molecule has 1 aliphatic carbocycles. The average Bonchev–Trinajstić information content (AvgIpc) is 3.59. The van der Waals surface area contributed by atoms with Crippen molar-refractivity contribution in [1.82, 2.24) is 0 Å². The minimum Gasteiger partial charge on any atom is -0.135 e. The first-order chi connectivity index (χ1) is 20.8. The Balaban J connectivity index is 1.36. The number of benzene rings is 7. The standard InChI is InChI=1S/C41H26S/c1-3-11-30(12-4-1)41(31-13-5-2-6-14-31)37-17-9-7-15-32(37)35-24-21-27-19-20-28(25-36(27)40(35)41)29-22-23-34-33-16-8-10-18-38(33)42-39(34)26-29/h1-26H. The molecule has 0 aliphatic heterocycles. The quantitative estimate of drug-likeness (QED) is 0.205. The van der Waals surface area contributed by atoms with Crippen molar-refractivity contribution in [2.24, 2.45) is 0 Å². The summed E-state index contributed by atoms with van der Waals surface area (Å²) in [7, 11) is 0. The van der Waals surface area contributed by atoms with E-state index in [1.165, 1.54) is 75.5 Å². The van der Waals surface area contributed by atoms with Crippen LogP contribution in [0, 0.1) is 0 Å². The maximum atomic E-state index is 2.44. The van der Waals surface area contributed by atoms with Crippen molar-refractivity contribution in [2.75, 3.05) is 0 Å². The molecule has 0 N–H and O–H groups in total. The van der Waals surface area contributed by atoms with E-state index in [9.17, 15) is 0 Å². The van der Waals surface area contributed by atoms with Gasteiger partial charge in [0.2, 0.25) is 0 Å². The highest BCUT2D eigenvalue weighted by Gasteiger charge is 2.46. The fraction of sp³-hybridized carbons (Fsp3) is 0.0244. The van der Waals surface area contributed by atoms with E-state index in [2.05, 4.69) is 158 Å². The molecule has 0 amide bonds. The SMILES string of the molecule is c1ccc(C2(c3ccccc3)c3ccccc3-c3ccc4ccc(-c5ccc6c(c5)sc5ccccc56)cc4c32)cc1. The summed E-state index contributed by atoms with van der Waals surface area (Å²) >= 11 is 1.88. The molecule has 0 saturated heterocycles. The molecule has 8 aromatic rings. The van der Waals surface area contributed by atoms with Gasteiger partial charge in [-0.3, -0.25) is 0 Å². The van der Waals surface area contributed by atoms with Crippen LogP contribution < -0.4 is 0 Å². The van der Waals surface area contributed by atoms with E-state index in [4.69, 9.17) is 0 Å². The molecule has 1 aliphatic rings. The Morgan fingerprint density at radius 2 is 1.02 bits per heavy atom. The van der Waals surface area contributed by atoms with Crippen molar-refractivity contribution in [1.29, 1.82) is 0 Å². The summed E-state index contributed by atoms with van der Waals surface area (Å²) in [5.74, 6) is 0. The molecule has 7 aromatic carbocycles. The third-order valence-corrected chi connectivity index (χ3v) is 10.3. The highest BCUT2D eigenvalue weighted by Crippen LogP contribution is 2.58. The maximum Gasteiger partial charge on any atom is 0.0719 e. The molecule has 0 fully saturated rings. The summed E-state index contributed by atoms with van der Waals surface area (Å²) in [5.41, 5.74) is 10.1. The van der Waals surface area contributed by atoms with Gasteiger partial charge in [0.15, 0.2) is 0 Å². The second-order valence-electron chi connectivity index (χ2n) is 11.3. The summed E-state index contributed by atoms with van der Waals surface area (Å²) < 4.78 is 2.68. The number of hydrogen-bond acceptors (Lipinski definition) is 1. The van der Waals surface area contributed by atoms with Gasteiger partial charge in [-0.1, -0.05) is 140 Å². The van der Waals surface area contributed by atoms with Gasteiger partial charge in [0.25, 0.3) is 0 Å². The fourth-order valence-electron chi connectivity index (χ4n) is 7.36. The van der Waals surface area contributed by atoms with E-state index in [1.54, 1.807) is 0 Å². The highest BCUT2D eigenvalue weighted by atomic mass is 32.1. The lowest BCUT2D eigenvalue weighted by Gasteiger charge is -2.34. The number of thiophene rings is 1. The molecule has 1 heteroatoms. The first-order valence-corrected chi connectivity index (χ1v) is 15.3. The number of fused-ring (bicyclic) bond motifs is 8. The summed E-state index contributed by atoms with van der Waals surface area (Å²) in [6.07, 6.45) is 0. The molecule has 0 nitrogen and oxygen atoms in total. The number of rotatable bonds is 3. The van der Waals surface area contributed by atoms with E-state index in [-0.39, 0.29) is 0 Å². The van der Waals surface area contributed by atoms with Crippen molar-refractivity contribution >= 4 is 42.3 Å². The Morgan fingerprint density at radius 3 is 1.83 bits per heavy atom. The molecule has 1 aromatic heterocycles. The van der Waals surface area contributed by atoms with E-state index >= 15 is 0 Å². The second kappa shape index (κ2) is 9.01. The van der Waals surface area contributed by atoms with E-state index < -0.39 is 5.41 Å². The van der Waals surface area contributed by atoms with Crippen LogP contribution in [0.15, 0.2) is 158 Å². The summed E-state index contributed by atoms with van der Waals surface area (Å²) in [4.78, 5) is 0. The second-order valence-corrected chi connectivity index (χ2v) is 12.3. The van der Waals surface area contributed by atoms with Gasteiger partial charge in [0, 0.05) is 20.2 Å². The molecule has 196 valence electrons. The molecule has 0 atom stereocenters. The predicted octanol–water partition coefficient (Wildman–Crippen LogP) is 11.2. The van der Waals surface area contributed by atoms with Crippen LogP contribution >= 0.6 is 11.3 Å². The van der Waals surface area contributed by atoms with Crippen LogP contribution in [0.4, 0.5) is 0 Å². The lowest BCUT2D eigenvalue weighted by atomic mass is 9.66. The molecular weight excluding hydrogens is 525 g/mol. The first kappa shape index (κ1) is 23.7. The smallest absolute Gasteiger partial charge is 0.0719 e. The molecule has 9 rings (SSSR count). The Morgan fingerprint density at radius 1 is 0.405 bits per heavy atom. The van der Waals surface area contributed by atoms with Gasteiger partial charge in [-0.25, -0.2) is 0 Å². The summed E-state index contributed by atoms with van der Waals surface area (Å²) in [6, 6.07) is 58.5. The monoisotopic (exact) mass is 550 g/mol. The fourth-order valence-corrected chi connectivity index (χ4v) is 8.50. The van der Waals surface area contributed by atoms with Gasteiger partial charge in [-0.15, -0.1) is 11.3 Å². The molecule has 0 spiro atoms.